The van der Waals surface area contributed by atoms with Crippen molar-refractivity contribution in [2.75, 3.05) is 7.11 Å². The number of hydrogen-bond acceptors (Lipinski definition) is 1. The van der Waals surface area contributed by atoms with Gasteiger partial charge >= 0.3 is 0 Å². The predicted octanol–water partition coefficient (Wildman–Crippen LogP) is 2.34. The van der Waals surface area contributed by atoms with Gasteiger partial charge in [0.2, 0.25) is 0 Å². The van der Waals surface area contributed by atoms with Crippen LogP contribution in [0.25, 0.3) is 0 Å². The van der Waals surface area contributed by atoms with Gasteiger partial charge in [0, 0.05) is 11.5 Å². The predicted molar refractivity (Wildman–Crippen MR) is 70.0 cm³/mol. The number of methoxy groups -OCH3 is 1. The van der Waals surface area contributed by atoms with Crippen molar-refractivity contribution in [2.45, 2.75) is 45.2 Å². The van der Waals surface area contributed by atoms with Gasteiger partial charge in [0.25, 0.3) is 0 Å². The van der Waals surface area contributed by atoms with Gasteiger partial charge in [-0.2, -0.15) is 0 Å². The largest absolute Gasteiger partial charge is 0.497 e. The van der Waals surface area contributed by atoms with E-state index in [1.54, 1.807) is 7.11 Å². The lowest BCUT2D eigenvalue weighted by atomic mass is 9.86. The summed E-state index contributed by atoms with van der Waals surface area (Å²) in [5.41, 5.74) is 1.36. The van der Waals surface area contributed by atoms with Crippen molar-refractivity contribution in [3.8, 4) is 5.75 Å². The maximum absolute atomic E-state index is 5.25. The molecule has 17 heavy (non-hydrogen) atoms. The summed E-state index contributed by atoms with van der Waals surface area (Å²) >= 11 is 0. The van der Waals surface area contributed by atoms with E-state index < -0.39 is 0 Å². The first kappa shape index (κ1) is 12.4. The van der Waals surface area contributed by atoms with Crippen LogP contribution in [0.4, 0.5) is 0 Å². The molecule has 2 rings (SSSR count). The maximum Gasteiger partial charge on any atom is 0.119 e. The molecule has 0 aromatic heterocycles. The van der Waals surface area contributed by atoms with Crippen LogP contribution in [0, 0.1) is 5.92 Å². The van der Waals surface area contributed by atoms with Crippen molar-refractivity contribution >= 4 is 0 Å². The summed E-state index contributed by atoms with van der Waals surface area (Å²) < 4.78 is 5.25. The molecule has 2 heteroatoms. The Morgan fingerprint density at radius 3 is 2.88 bits per heavy atom. The summed E-state index contributed by atoms with van der Waals surface area (Å²) in [6, 6.07) is 9.23. The van der Waals surface area contributed by atoms with E-state index in [-0.39, 0.29) is 0 Å². The van der Waals surface area contributed by atoms with Crippen LogP contribution in [0.15, 0.2) is 24.3 Å². The van der Waals surface area contributed by atoms with E-state index in [1.807, 2.05) is 6.07 Å². The molecule has 0 aliphatic heterocycles. The number of ether oxygens (including phenoxy) is 1. The quantitative estimate of drug-likeness (QED) is 0.850. The van der Waals surface area contributed by atoms with Gasteiger partial charge in [0.15, 0.2) is 0 Å². The minimum Gasteiger partial charge on any atom is -0.497 e. The Morgan fingerprint density at radius 2 is 2.12 bits per heavy atom. The van der Waals surface area contributed by atoms with Gasteiger partial charge in [-0.3, -0.25) is 0 Å². The molecule has 1 aromatic carbocycles. The highest BCUT2D eigenvalue weighted by Crippen LogP contribution is 2.21. The second-order valence-corrected chi connectivity index (χ2v) is 5.22. The Labute approximate surface area is 104 Å². The van der Waals surface area contributed by atoms with Gasteiger partial charge in [0.05, 0.1) is 13.2 Å². The van der Waals surface area contributed by atoms with Crippen LogP contribution in [0.2, 0.25) is 0 Å². The van der Waals surface area contributed by atoms with Crippen molar-refractivity contribution in [3.63, 3.8) is 0 Å². The molecule has 1 fully saturated rings. The lowest BCUT2D eigenvalue weighted by Crippen LogP contribution is -2.90. The third kappa shape index (κ3) is 3.47. The second-order valence-electron chi connectivity index (χ2n) is 5.22. The zero-order chi connectivity index (χ0) is 12.1. The Balaban J connectivity index is 1.88. The maximum atomic E-state index is 5.25. The molecule has 1 aliphatic rings. The van der Waals surface area contributed by atoms with Gasteiger partial charge in [-0.25, -0.2) is 0 Å². The highest BCUT2D eigenvalue weighted by molar-refractivity contribution is 5.27. The van der Waals surface area contributed by atoms with Crippen LogP contribution in [-0.4, -0.2) is 13.2 Å². The summed E-state index contributed by atoms with van der Waals surface area (Å²) in [5, 5.41) is 2.51. The number of quaternary nitrogens is 1. The molecule has 1 aromatic rings. The van der Waals surface area contributed by atoms with Gasteiger partial charge < -0.3 is 10.1 Å². The minimum atomic E-state index is 0.815. The Bertz CT molecular complexity index is 351. The molecule has 0 heterocycles. The fourth-order valence-electron chi connectivity index (χ4n) is 2.78. The third-order valence-corrected chi connectivity index (χ3v) is 3.97. The third-order valence-electron chi connectivity index (χ3n) is 3.97. The van der Waals surface area contributed by atoms with Crippen LogP contribution < -0.4 is 10.1 Å². The average molecular weight is 234 g/mol. The van der Waals surface area contributed by atoms with Crippen LogP contribution in [-0.2, 0) is 6.54 Å². The van der Waals surface area contributed by atoms with E-state index >= 15 is 0 Å². The fraction of sp³-hybridized carbons (Fsp3) is 0.600. The average Bonchev–Trinajstić information content (AvgIpc) is 2.38. The van der Waals surface area contributed by atoms with Crippen molar-refractivity contribution < 1.29 is 10.1 Å². The van der Waals surface area contributed by atoms with E-state index in [4.69, 9.17) is 4.74 Å². The normalized spacial score (nSPS) is 24.6. The molecule has 1 saturated carbocycles. The van der Waals surface area contributed by atoms with Crippen LogP contribution in [0.5, 0.6) is 5.75 Å². The van der Waals surface area contributed by atoms with Gasteiger partial charge in [0.1, 0.15) is 12.3 Å². The van der Waals surface area contributed by atoms with Crippen molar-refractivity contribution in [1.82, 2.24) is 0 Å². The van der Waals surface area contributed by atoms with Gasteiger partial charge in [-0.15, -0.1) is 0 Å². The summed E-state index contributed by atoms with van der Waals surface area (Å²) in [4.78, 5) is 0. The van der Waals surface area contributed by atoms with Crippen LogP contribution in [0.1, 0.15) is 38.2 Å². The number of nitrogens with two attached hydrogens (primary N) is 1. The van der Waals surface area contributed by atoms with Crippen molar-refractivity contribution in [3.05, 3.63) is 29.8 Å². The second kappa shape index (κ2) is 6.06. The minimum absolute atomic E-state index is 0.815. The number of hydrogen-bond donors (Lipinski definition) is 1. The lowest BCUT2D eigenvalue weighted by Gasteiger charge is -2.26. The standard InChI is InChI=1S/C15H23NO/c1-12-6-3-4-9-15(12)16-11-13-7-5-8-14(10-13)17-2/h5,7-8,10,12,15-16H,3-4,6,9,11H2,1-2H3/p+1/t12-,15-/m1/s1. The molecular weight excluding hydrogens is 210 g/mol. The Morgan fingerprint density at radius 1 is 1.29 bits per heavy atom. The number of benzene rings is 1. The molecule has 0 amide bonds. The molecule has 2 atom stereocenters. The first-order valence-electron chi connectivity index (χ1n) is 6.76. The molecule has 0 bridgehead atoms. The Kier molecular flexibility index (Phi) is 4.43. The fourth-order valence-corrected chi connectivity index (χ4v) is 2.78. The summed E-state index contributed by atoms with van der Waals surface area (Å²) in [7, 11) is 1.73. The first-order valence-corrected chi connectivity index (χ1v) is 6.76. The molecule has 0 spiro atoms. The molecule has 2 nitrogen and oxygen atoms in total. The van der Waals surface area contributed by atoms with Gasteiger partial charge in [-0.05, 0) is 31.4 Å². The number of rotatable bonds is 4. The smallest absolute Gasteiger partial charge is 0.119 e. The molecule has 94 valence electrons. The summed E-state index contributed by atoms with van der Waals surface area (Å²) in [6.07, 6.45) is 5.61. The molecule has 2 N–H and O–H groups in total. The van der Waals surface area contributed by atoms with E-state index in [0.717, 1.165) is 24.3 Å². The van der Waals surface area contributed by atoms with Gasteiger partial charge in [-0.1, -0.05) is 25.5 Å². The monoisotopic (exact) mass is 234 g/mol. The summed E-state index contributed by atoms with van der Waals surface area (Å²) in [5.74, 6) is 1.84. The van der Waals surface area contributed by atoms with Crippen LogP contribution in [0.3, 0.4) is 0 Å². The zero-order valence-electron chi connectivity index (χ0n) is 11.0. The highest BCUT2D eigenvalue weighted by Gasteiger charge is 2.23. The lowest BCUT2D eigenvalue weighted by molar-refractivity contribution is -0.712. The van der Waals surface area contributed by atoms with E-state index in [1.165, 1.54) is 31.2 Å². The van der Waals surface area contributed by atoms with Crippen LogP contribution >= 0.6 is 0 Å². The SMILES string of the molecule is COc1cccc(C[NH2+][C@@H]2CCCC[C@H]2C)c1. The topological polar surface area (TPSA) is 25.8 Å². The van der Waals surface area contributed by atoms with Crippen molar-refractivity contribution in [2.24, 2.45) is 5.92 Å². The Hall–Kier alpha value is -1.02. The highest BCUT2D eigenvalue weighted by atomic mass is 16.5. The molecular formula is C15H24NO+. The van der Waals surface area contributed by atoms with E-state index in [0.29, 0.717) is 0 Å². The summed E-state index contributed by atoms with van der Waals surface area (Å²) in [6.45, 7) is 3.47. The van der Waals surface area contributed by atoms with E-state index in [2.05, 4.69) is 30.4 Å². The zero-order valence-corrected chi connectivity index (χ0v) is 11.0. The first-order chi connectivity index (χ1) is 8.29. The molecule has 1 aliphatic carbocycles. The van der Waals surface area contributed by atoms with E-state index in [9.17, 15) is 0 Å². The molecule has 0 radical (unpaired) electrons. The molecule has 0 unspecified atom stereocenters. The van der Waals surface area contributed by atoms with Crippen molar-refractivity contribution in [1.29, 1.82) is 0 Å². The molecule has 0 saturated heterocycles.